The number of halogens is 5. The van der Waals surface area contributed by atoms with Crippen LogP contribution in [0.15, 0.2) is 91.5 Å². The van der Waals surface area contributed by atoms with E-state index in [1.165, 1.54) is 65.4 Å². The van der Waals surface area contributed by atoms with Gasteiger partial charge in [-0.3, -0.25) is 24.3 Å². The van der Waals surface area contributed by atoms with Crippen LogP contribution < -0.4 is 52.3 Å². The van der Waals surface area contributed by atoms with E-state index in [2.05, 4.69) is 61.2 Å². The van der Waals surface area contributed by atoms with Crippen LogP contribution in [0.3, 0.4) is 0 Å². The molecule has 7 amide bonds. The average molecular weight is 1240 g/mol. The lowest BCUT2D eigenvalue weighted by Gasteiger charge is -2.41. The summed E-state index contributed by atoms with van der Waals surface area (Å²) in [6.07, 6.45) is 2.29. The van der Waals surface area contributed by atoms with E-state index in [0.717, 1.165) is 0 Å². The van der Waals surface area contributed by atoms with Crippen molar-refractivity contribution in [2.24, 2.45) is 25.6 Å². The standard InChI is InChI=1S/C21H24FN9O3.C16H16ClN7O2.C7H7NO2.C5H9FN2O.C4H7ClFN/c1-21(22)9-31(10-21)20(33)26-15-8-14(16(28-27-15)19(32)23-2)25-13-7-5-6-12(17(13)34-4)18-24-11-30(3)29-18;1-18-16(25)13-11(7-12(17)21-22-13)20-10-6-4-5-9(14(10)26-3)15-19-8-24(2)23-15;8-7(9)10-6-4-2-1-3-5-6;1-5(6)2-8(3-5)4(7)9;1-4(6)2-7(5)3-4/h5-8,11H,9-10H2,1-4H3,(H,23,32)(H2,25,26,27,33);4-8H,1-3H3,(H,18,25)(H,20,21);1-5H,(H2,8,9);2-3H2,1H3,(H2,7,9);2-3H2,1H3/i2D3;1D3;;;. The normalized spacial score (nSPS) is 16.0. The fraction of sp³-hybridized carbons (Fsp3) is 0.340. The van der Waals surface area contributed by atoms with E-state index in [9.17, 15) is 37.1 Å². The molecule has 0 aliphatic carbocycles. The molecular weight excluding hydrogens is 1170 g/mol. The molecular formula is C53H63Cl2F3N20O8. The Morgan fingerprint density at radius 1 is 0.628 bits per heavy atom. The number of aryl methyl sites for hydroxylation is 2. The second kappa shape index (κ2) is 28.8. The molecule has 0 spiro atoms. The zero-order valence-corrected chi connectivity index (χ0v) is 48.5. The third-order valence-electron chi connectivity index (χ3n) is 11.8. The Hall–Kier alpha value is -9.62. The molecule has 33 heteroatoms. The van der Waals surface area contributed by atoms with Crippen LogP contribution in [-0.4, -0.2) is 179 Å². The van der Waals surface area contributed by atoms with Crippen LogP contribution in [0.4, 0.5) is 56.1 Å². The highest BCUT2D eigenvalue weighted by atomic mass is 35.5. The van der Waals surface area contributed by atoms with Gasteiger partial charge in [-0.2, -0.15) is 10.2 Å². The van der Waals surface area contributed by atoms with Gasteiger partial charge in [0.05, 0.1) is 74.3 Å². The average Bonchev–Trinajstić information content (AvgIpc) is 1.09. The monoisotopic (exact) mass is 1240 g/mol. The zero-order chi connectivity index (χ0) is 68.1. The SMILES string of the molecule is CC1(F)CN(C(N)=O)C1.CC1(F)CN(Cl)C1.NC(=O)Oc1ccccc1.[2H]C([2H])([2H])NC(=O)c1nnc(Cl)cc1Nc1cccc(-c2ncn(C)n2)c1OC.[2H]C([2H])([2H])NC(=O)c1nnc(NC(=O)N2CC(C)(F)C2)cc1Nc1cccc(-c2ncn(C)n2)c1OC. The van der Waals surface area contributed by atoms with Crippen molar-refractivity contribution in [2.75, 3.05) is 83.4 Å². The Labute approximate surface area is 509 Å². The molecule has 4 aromatic heterocycles. The Kier molecular flexibility index (Phi) is 19.0. The third kappa shape index (κ3) is 18.2. The van der Waals surface area contributed by atoms with Gasteiger partial charge in [0.25, 0.3) is 11.8 Å². The summed E-state index contributed by atoms with van der Waals surface area (Å²) >= 11 is 11.2. The van der Waals surface area contributed by atoms with Crippen LogP contribution in [0.5, 0.6) is 17.2 Å². The molecule has 0 bridgehead atoms. The van der Waals surface area contributed by atoms with E-state index in [-0.39, 0.29) is 59.9 Å². The van der Waals surface area contributed by atoms with Crippen LogP contribution in [0.2, 0.25) is 5.15 Å². The van der Waals surface area contributed by atoms with Gasteiger partial charge in [-0.15, -0.1) is 20.4 Å². The number of methoxy groups -OCH3 is 2. The lowest BCUT2D eigenvalue weighted by molar-refractivity contribution is 0.0130. The van der Waals surface area contributed by atoms with Gasteiger partial charge in [0.15, 0.2) is 45.5 Å². The summed E-state index contributed by atoms with van der Waals surface area (Å²) < 4.78 is 102. The van der Waals surface area contributed by atoms with Crippen LogP contribution in [-0.2, 0) is 14.1 Å². The number of rotatable bonds is 12. The van der Waals surface area contributed by atoms with Crippen molar-refractivity contribution in [1.29, 1.82) is 0 Å². The molecule has 28 nitrogen and oxygen atoms in total. The number of para-hydroxylation sites is 3. The fourth-order valence-corrected chi connectivity index (χ4v) is 8.65. The summed E-state index contributed by atoms with van der Waals surface area (Å²) in [5, 5.41) is 35.8. The molecule has 3 aliphatic heterocycles. The van der Waals surface area contributed by atoms with Crippen molar-refractivity contribution >= 4 is 81.9 Å². The second-order valence-corrected chi connectivity index (χ2v) is 20.4. The number of hydrogen-bond acceptors (Lipinski definition) is 19. The zero-order valence-electron chi connectivity index (χ0n) is 53.0. The van der Waals surface area contributed by atoms with E-state index >= 15 is 0 Å². The number of nitrogens with zero attached hydrogens (tertiary/aromatic N) is 13. The minimum absolute atomic E-state index is 0.0134. The number of hydrogen-bond donors (Lipinski definition) is 7. The first kappa shape index (κ1) is 56.8. The van der Waals surface area contributed by atoms with Gasteiger partial charge in [-0.05, 0) is 68.9 Å². The summed E-state index contributed by atoms with van der Waals surface area (Å²) in [7, 11) is 6.38. The number of amides is 7. The van der Waals surface area contributed by atoms with Gasteiger partial charge < -0.3 is 56.7 Å². The highest BCUT2D eigenvalue weighted by Gasteiger charge is 2.42. The van der Waals surface area contributed by atoms with Crippen LogP contribution in [0.1, 0.15) is 50.0 Å². The summed E-state index contributed by atoms with van der Waals surface area (Å²) in [5.41, 5.74) is 7.50. The maximum atomic E-state index is 13.8. The van der Waals surface area contributed by atoms with E-state index in [4.69, 9.17) is 52.5 Å². The Bertz CT molecular complexity index is 3740. The maximum absolute atomic E-state index is 13.8. The predicted octanol–water partition coefficient (Wildman–Crippen LogP) is 6.43. The van der Waals surface area contributed by atoms with E-state index < -0.39 is 60.9 Å². The Balaban J connectivity index is 0.000000212. The molecule has 9 N–H and O–H groups in total. The first-order valence-electron chi connectivity index (χ1n) is 28.2. The van der Waals surface area contributed by atoms with Crippen molar-refractivity contribution < 1.29 is 59.6 Å². The highest BCUT2D eigenvalue weighted by molar-refractivity contribution is 6.29. The van der Waals surface area contributed by atoms with E-state index in [1.54, 1.807) is 92.7 Å². The second-order valence-electron chi connectivity index (χ2n) is 19.6. The number of ether oxygens (including phenoxy) is 3. The quantitative estimate of drug-likeness (QED) is 0.0647. The van der Waals surface area contributed by atoms with Crippen molar-refractivity contribution in [3.8, 4) is 40.0 Å². The Morgan fingerprint density at radius 3 is 1.48 bits per heavy atom. The van der Waals surface area contributed by atoms with Crippen LogP contribution in [0, 0.1) is 0 Å². The van der Waals surface area contributed by atoms with E-state index in [1.807, 2.05) is 16.7 Å². The summed E-state index contributed by atoms with van der Waals surface area (Å²) in [5.74, 6) is 0.0400. The molecule has 86 heavy (non-hydrogen) atoms. The molecule has 7 heterocycles. The smallest absolute Gasteiger partial charge is 0.409 e. The Morgan fingerprint density at radius 2 is 1.09 bits per heavy atom. The number of anilines is 5. The van der Waals surface area contributed by atoms with Crippen molar-refractivity contribution in [2.45, 2.75) is 37.8 Å². The van der Waals surface area contributed by atoms with Crippen LogP contribution in [0.25, 0.3) is 22.8 Å². The number of carbonyl (C=O) groups is 5. The number of urea groups is 2. The molecule has 0 radical (unpaired) electrons. The molecule has 7 aromatic rings. The number of benzene rings is 3. The topological polar surface area (TPSA) is 348 Å². The number of alkyl halides is 3. The largest absolute Gasteiger partial charge is 0.494 e. The minimum Gasteiger partial charge on any atom is -0.494 e. The van der Waals surface area contributed by atoms with Gasteiger partial charge in [-0.1, -0.05) is 41.9 Å². The number of nitrogens with one attached hydrogen (secondary N) is 5. The number of primary amides is 2. The fourth-order valence-electron chi connectivity index (χ4n) is 8.00. The predicted molar refractivity (Wildman–Crippen MR) is 313 cm³/mol. The summed E-state index contributed by atoms with van der Waals surface area (Å²) in [6.45, 7) is -0.214. The summed E-state index contributed by atoms with van der Waals surface area (Å²) in [6, 6.07) is 20.5. The lowest BCUT2D eigenvalue weighted by atomic mass is 10.00. The van der Waals surface area contributed by atoms with E-state index in [0.29, 0.717) is 64.5 Å². The molecule has 458 valence electrons. The van der Waals surface area contributed by atoms with Gasteiger partial charge in [0.1, 0.15) is 35.4 Å². The van der Waals surface area contributed by atoms with Crippen molar-refractivity contribution in [3.05, 3.63) is 108 Å². The van der Waals surface area contributed by atoms with Gasteiger partial charge in [0, 0.05) is 61.5 Å². The number of nitrogens with two attached hydrogens (primary N) is 2. The minimum atomic E-state index is -2.78. The maximum Gasteiger partial charge on any atom is 0.409 e. The molecule has 3 fully saturated rings. The lowest BCUT2D eigenvalue weighted by Crippen LogP contribution is -2.60. The molecule has 0 unspecified atom stereocenters. The molecule has 3 aliphatic rings. The van der Waals surface area contributed by atoms with Gasteiger partial charge in [0.2, 0.25) is 0 Å². The van der Waals surface area contributed by atoms with Crippen LogP contribution >= 0.6 is 23.4 Å². The van der Waals surface area contributed by atoms with Crippen molar-refractivity contribution in [1.82, 2.24) is 74.8 Å². The molecule has 0 atom stereocenters. The third-order valence-corrected chi connectivity index (χ3v) is 12.2. The molecule has 3 aromatic carbocycles. The number of likely N-dealkylation sites (tertiary alicyclic amines) is 2. The van der Waals surface area contributed by atoms with Gasteiger partial charge in [-0.25, -0.2) is 41.9 Å². The molecule has 10 rings (SSSR count). The first-order chi connectivity index (χ1) is 42.9. The summed E-state index contributed by atoms with van der Waals surface area (Å²) in [4.78, 5) is 68.8. The molecule has 0 saturated carbocycles. The van der Waals surface area contributed by atoms with Gasteiger partial charge >= 0.3 is 18.2 Å². The number of carbonyl (C=O) groups excluding carboxylic acids is 5. The molecule has 3 saturated heterocycles. The number of aromatic nitrogens is 10. The first-order valence-corrected chi connectivity index (χ1v) is 25.9. The van der Waals surface area contributed by atoms with Crippen molar-refractivity contribution in [3.63, 3.8) is 0 Å². The highest BCUT2D eigenvalue weighted by Crippen LogP contribution is 2.39.